The topological polar surface area (TPSA) is 135 Å². The number of carbonyl (C=O) groups excluding carboxylic acids is 1. The lowest BCUT2D eigenvalue weighted by atomic mass is 9.97. The van der Waals surface area contributed by atoms with Crippen LogP contribution in [0.4, 0.5) is 5.13 Å². The number of β-lactam (4-membered cyclic amide) rings is 1. The fourth-order valence-corrected chi connectivity index (χ4v) is 4.08. The van der Waals surface area contributed by atoms with E-state index in [-0.39, 0.29) is 17.0 Å². The van der Waals surface area contributed by atoms with Gasteiger partial charge in [-0.1, -0.05) is 23.6 Å². The number of fused-ring (bicyclic) bond motifs is 1. The summed E-state index contributed by atoms with van der Waals surface area (Å²) in [5.74, 6) is -1.19. The Kier molecular flexibility index (Phi) is 3.83. The Bertz CT molecular complexity index is 751. The number of nitrogens with zero attached hydrogens (tertiary/aromatic N) is 3. The summed E-state index contributed by atoms with van der Waals surface area (Å²) in [6.07, 6.45) is 1.55. The van der Waals surface area contributed by atoms with Crippen molar-refractivity contribution < 1.29 is 18.8 Å². The van der Waals surface area contributed by atoms with E-state index in [1.54, 1.807) is 6.08 Å². The van der Waals surface area contributed by atoms with Gasteiger partial charge in [0.15, 0.2) is 0 Å². The lowest BCUT2D eigenvalue weighted by Crippen LogP contribution is -2.59. The molecule has 11 heteroatoms. The Morgan fingerprint density at radius 3 is 2.82 bits per heavy atom. The van der Waals surface area contributed by atoms with Crippen molar-refractivity contribution in [3.8, 4) is 0 Å². The summed E-state index contributed by atoms with van der Waals surface area (Å²) < 4.78 is 19.4. The fraction of sp³-hybridized carbons (Fsp3) is 0.364. The van der Waals surface area contributed by atoms with Gasteiger partial charge in [0, 0.05) is 9.87 Å². The molecule has 2 atom stereocenters. The van der Waals surface area contributed by atoms with E-state index in [2.05, 4.69) is 22.4 Å². The zero-order valence-electron chi connectivity index (χ0n) is 13.9. The second-order valence-electron chi connectivity index (χ2n) is 4.15. The fourth-order valence-electron chi connectivity index (χ4n) is 2.00. The van der Waals surface area contributed by atoms with Crippen LogP contribution in [0.25, 0.3) is 0 Å². The van der Waals surface area contributed by atoms with Crippen molar-refractivity contribution in [2.45, 2.75) is 18.1 Å². The number of rotatable bonds is 2. The minimum atomic E-state index is -2.24. The standard InChI is InChI=1S/C9H8N4O3S2.C2H5NS/c10-9-12-11-5(18-9)4-6(14)13-3(8(15)16)1-2-17-7(4)13;1-2(3)4/h1,4,7H,2H2,(H2,10,12)(H,15,16);1H3,(H2,3,4)/t4?,7-;/m0./s1/i;1D3. The van der Waals surface area contributed by atoms with E-state index in [4.69, 9.17) is 20.7 Å². The minimum absolute atomic E-state index is 0.0532. The molecule has 8 nitrogen and oxygen atoms in total. The summed E-state index contributed by atoms with van der Waals surface area (Å²) in [6, 6.07) is 0. The zero-order chi connectivity index (χ0) is 18.9. The molecule has 3 heterocycles. The lowest BCUT2D eigenvalue weighted by molar-refractivity contribution is -0.148. The smallest absolute Gasteiger partial charge is 0.352 e. The van der Waals surface area contributed by atoms with E-state index in [0.29, 0.717) is 15.9 Å². The van der Waals surface area contributed by atoms with E-state index in [0.717, 1.165) is 0 Å². The second-order valence-corrected chi connectivity index (χ2v) is 6.78. The first kappa shape index (κ1) is 12.8. The molecular formula is C11H13N5O3S3. The van der Waals surface area contributed by atoms with Crippen molar-refractivity contribution in [2.75, 3.05) is 11.5 Å². The number of thiocarbonyl (C=S) groups is 1. The maximum atomic E-state index is 12.0. The molecule has 1 unspecified atom stereocenters. The number of hydrogen-bond acceptors (Lipinski definition) is 8. The minimum Gasteiger partial charge on any atom is -0.477 e. The Balaban J connectivity index is 0.000000277. The summed E-state index contributed by atoms with van der Waals surface area (Å²) in [4.78, 5) is 23.9. The van der Waals surface area contributed by atoms with Gasteiger partial charge in [0.2, 0.25) is 11.0 Å². The molecule has 1 fully saturated rings. The highest BCUT2D eigenvalue weighted by molar-refractivity contribution is 8.00. The summed E-state index contributed by atoms with van der Waals surface area (Å²) >= 11 is 6.83. The Morgan fingerprint density at radius 2 is 2.32 bits per heavy atom. The summed E-state index contributed by atoms with van der Waals surface area (Å²) in [7, 11) is 0. The first-order valence-corrected chi connectivity index (χ1v) is 8.08. The molecule has 118 valence electrons. The SMILES string of the molecule is Nc1nnc(C2C(=O)N3C(C(=O)O)=CCS[C@@H]23)s1.[2H]C([2H])([2H])C(N)=S. The third kappa shape index (κ3) is 3.20. The number of hydrogen-bond donors (Lipinski definition) is 3. The first-order valence-electron chi connectivity index (χ1n) is 7.31. The molecule has 0 saturated carbocycles. The van der Waals surface area contributed by atoms with Gasteiger partial charge in [-0.3, -0.25) is 9.69 Å². The predicted molar refractivity (Wildman–Crippen MR) is 88.3 cm³/mol. The monoisotopic (exact) mass is 362 g/mol. The van der Waals surface area contributed by atoms with E-state index >= 15 is 0 Å². The van der Waals surface area contributed by atoms with Crippen LogP contribution in [0.2, 0.25) is 0 Å². The number of carboxylic acid groups (broad SMARTS) is 1. The molecule has 0 aromatic carbocycles. The Morgan fingerprint density at radius 1 is 1.64 bits per heavy atom. The molecule has 22 heavy (non-hydrogen) atoms. The molecule has 0 bridgehead atoms. The third-order valence-electron chi connectivity index (χ3n) is 2.79. The Labute approximate surface area is 143 Å². The predicted octanol–water partition coefficient (Wildman–Crippen LogP) is 0.380. The van der Waals surface area contributed by atoms with Crippen molar-refractivity contribution in [3.05, 3.63) is 16.8 Å². The van der Waals surface area contributed by atoms with Gasteiger partial charge in [-0.2, -0.15) is 0 Å². The number of nitrogens with two attached hydrogens (primary N) is 2. The number of aromatic nitrogens is 2. The summed E-state index contributed by atoms with van der Waals surface area (Å²) in [6.45, 7) is -2.24. The van der Waals surface area contributed by atoms with Gasteiger partial charge in [0.05, 0.1) is 4.99 Å². The molecular weight excluding hydrogens is 346 g/mol. The molecule has 3 rings (SSSR count). The molecule has 2 aliphatic heterocycles. The highest BCUT2D eigenvalue weighted by Crippen LogP contribution is 2.47. The van der Waals surface area contributed by atoms with Crippen LogP contribution in [-0.2, 0) is 9.59 Å². The van der Waals surface area contributed by atoms with Gasteiger partial charge in [-0.15, -0.1) is 22.0 Å². The van der Waals surface area contributed by atoms with Gasteiger partial charge < -0.3 is 16.6 Å². The highest BCUT2D eigenvalue weighted by Gasteiger charge is 2.54. The average molecular weight is 362 g/mol. The molecule has 2 aliphatic rings. The van der Waals surface area contributed by atoms with E-state index in [9.17, 15) is 9.59 Å². The van der Waals surface area contributed by atoms with Gasteiger partial charge in [-0.25, -0.2) is 4.79 Å². The van der Waals surface area contributed by atoms with Gasteiger partial charge in [-0.05, 0) is 12.9 Å². The Hall–Kier alpha value is -1.72. The van der Waals surface area contributed by atoms with Crippen LogP contribution in [-0.4, -0.2) is 48.2 Å². The molecule has 0 aliphatic carbocycles. The van der Waals surface area contributed by atoms with Crippen LogP contribution in [0.3, 0.4) is 0 Å². The molecule has 0 radical (unpaired) electrons. The molecule has 1 amide bonds. The summed E-state index contributed by atoms with van der Waals surface area (Å²) in [5.41, 5.74) is 10.3. The molecule has 5 N–H and O–H groups in total. The van der Waals surface area contributed by atoms with Gasteiger partial charge >= 0.3 is 5.97 Å². The normalized spacial score (nSPS) is 25.3. The van der Waals surface area contributed by atoms with Crippen LogP contribution >= 0.6 is 35.3 Å². The number of anilines is 1. The maximum absolute atomic E-state index is 12.0. The van der Waals surface area contributed by atoms with Crippen molar-refractivity contribution in [1.29, 1.82) is 0 Å². The molecule has 0 spiro atoms. The number of nitrogen functional groups attached to an aromatic ring is 1. The van der Waals surface area contributed by atoms with Gasteiger partial charge in [0.1, 0.15) is 22.0 Å². The van der Waals surface area contributed by atoms with Crippen molar-refractivity contribution in [3.63, 3.8) is 0 Å². The number of carboxylic acids is 1. The largest absolute Gasteiger partial charge is 0.477 e. The average Bonchev–Trinajstić information content (AvgIpc) is 2.91. The van der Waals surface area contributed by atoms with Crippen LogP contribution in [0.5, 0.6) is 0 Å². The third-order valence-corrected chi connectivity index (χ3v) is 4.81. The number of aliphatic carboxylic acids is 1. The van der Waals surface area contributed by atoms with Crippen LogP contribution in [0, 0.1) is 0 Å². The number of thioether (sulfide) groups is 1. The van der Waals surface area contributed by atoms with E-state index < -0.39 is 23.7 Å². The van der Waals surface area contributed by atoms with E-state index in [1.165, 1.54) is 28.0 Å². The molecule has 1 aromatic rings. The maximum Gasteiger partial charge on any atom is 0.352 e. The highest BCUT2D eigenvalue weighted by atomic mass is 32.2. The lowest BCUT2D eigenvalue weighted by Gasteiger charge is -2.47. The first-order chi connectivity index (χ1) is 11.5. The number of carbonyl (C=O) groups is 2. The van der Waals surface area contributed by atoms with E-state index in [1.807, 2.05) is 0 Å². The molecule has 1 saturated heterocycles. The van der Waals surface area contributed by atoms with Crippen LogP contribution < -0.4 is 11.5 Å². The quantitative estimate of drug-likeness (QED) is 0.504. The van der Waals surface area contributed by atoms with Crippen molar-refractivity contribution in [1.82, 2.24) is 15.1 Å². The van der Waals surface area contributed by atoms with Crippen molar-refractivity contribution >= 4 is 57.3 Å². The van der Waals surface area contributed by atoms with Crippen LogP contribution in [0.1, 0.15) is 21.9 Å². The molecule has 1 aromatic heterocycles. The van der Waals surface area contributed by atoms with Crippen LogP contribution in [0.15, 0.2) is 11.8 Å². The van der Waals surface area contributed by atoms with Gasteiger partial charge in [0.25, 0.3) is 0 Å². The van der Waals surface area contributed by atoms with Crippen molar-refractivity contribution in [2.24, 2.45) is 5.73 Å². The number of amides is 1. The second kappa shape index (κ2) is 6.58. The summed E-state index contributed by atoms with van der Waals surface area (Å²) in [5, 5.41) is 17.2. The zero-order valence-corrected chi connectivity index (χ0v) is 13.4.